The number of aliphatic hydroxyl groups is 1. The number of carboxylic acids is 1. The Balaban J connectivity index is 2.05. The maximum absolute atomic E-state index is 13.5. The molecule has 1 heterocycles. The molecule has 3 N–H and O–H groups in total. The quantitative estimate of drug-likeness (QED) is 0.721. The van der Waals surface area contributed by atoms with Crippen molar-refractivity contribution in [3.8, 4) is 0 Å². The van der Waals surface area contributed by atoms with Gasteiger partial charge in [0.2, 0.25) is 0 Å². The van der Waals surface area contributed by atoms with Crippen molar-refractivity contribution in [1.82, 2.24) is 15.0 Å². The van der Waals surface area contributed by atoms with E-state index in [1.807, 2.05) is 0 Å². The predicted molar refractivity (Wildman–Crippen MR) is 67.8 cm³/mol. The van der Waals surface area contributed by atoms with Crippen LogP contribution in [0.4, 0.5) is 10.1 Å². The molecule has 0 fully saturated rings. The van der Waals surface area contributed by atoms with Crippen LogP contribution in [0.5, 0.6) is 0 Å². The van der Waals surface area contributed by atoms with Gasteiger partial charge in [0.1, 0.15) is 11.5 Å². The molecule has 0 spiro atoms. The van der Waals surface area contributed by atoms with Crippen LogP contribution in [0.2, 0.25) is 0 Å². The molecule has 2 rings (SSSR count). The maximum Gasteiger partial charge on any atom is 0.335 e. The average Bonchev–Trinajstić information content (AvgIpc) is 2.86. The van der Waals surface area contributed by atoms with E-state index in [1.165, 1.54) is 16.8 Å². The van der Waals surface area contributed by atoms with Crippen LogP contribution in [0, 0.1) is 5.82 Å². The van der Waals surface area contributed by atoms with Gasteiger partial charge in [-0.3, -0.25) is 0 Å². The molecule has 0 radical (unpaired) electrons. The number of aliphatic hydroxyl groups excluding tert-OH is 1. The number of nitrogens with zero attached hydrogens (tertiary/aromatic N) is 3. The molecule has 20 heavy (non-hydrogen) atoms. The van der Waals surface area contributed by atoms with E-state index in [0.717, 1.165) is 6.07 Å². The van der Waals surface area contributed by atoms with Gasteiger partial charge in [0.05, 0.1) is 37.1 Å². The molecule has 0 saturated heterocycles. The Morgan fingerprint density at radius 2 is 2.25 bits per heavy atom. The molecular formula is C12H13FN4O3. The van der Waals surface area contributed by atoms with Crippen molar-refractivity contribution >= 4 is 11.7 Å². The number of hydrogen-bond acceptors (Lipinski definition) is 5. The lowest BCUT2D eigenvalue weighted by molar-refractivity contribution is 0.0697. The standard InChI is InChI=1S/C12H13FN4O3/c13-10-2-1-8(12(19)20)5-11(10)14-6-9-7-17(3-4-18)16-15-9/h1-2,5,7,14,18H,3-4,6H2,(H,19,20). The van der Waals surface area contributed by atoms with Crippen LogP contribution in [0.3, 0.4) is 0 Å². The van der Waals surface area contributed by atoms with Gasteiger partial charge >= 0.3 is 5.97 Å². The number of nitrogens with one attached hydrogen (secondary N) is 1. The number of carboxylic acid groups (broad SMARTS) is 1. The van der Waals surface area contributed by atoms with Gasteiger partial charge in [-0.2, -0.15) is 0 Å². The summed E-state index contributed by atoms with van der Waals surface area (Å²) in [5.41, 5.74) is 0.637. The summed E-state index contributed by atoms with van der Waals surface area (Å²) in [6.07, 6.45) is 1.61. The molecule has 0 amide bonds. The fourth-order valence-electron chi connectivity index (χ4n) is 1.61. The van der Waals surface area contributed by atoms with Crippen molar-refractivity contribution in [3.05, 3.63) is 41.5 Å². The second-order valence-electron chi connectivity index (χ2n) is 4.05. The Morgan fingerprint density at radius 3 is 2.95 bits per heavy atom. The lowest BCUT2D eigenvalue weighted by Gasteiger charge is -2.06. The Bertz CT molecular complexity index is 614. The first-order valence-electron chi connectivity index (χ1n) is 5.86. The minimum Gasteiger partial charge on any atom is -0.478 e. The lowest BCUT2D eigenvalue weighted by Crippen LogP contribution is -2.04. The summed E-state index contributed by atoms with van der Waals surface area (Å²) < 4.78 is 15.0. The summed E-state index contributed by atoms with van der Waals surface area (Å²) in [5, 5.41) is 28.0. The second-order valence-corrected chi connectivity index (χ2v) is 4.05. The Labute approximate surface area is 113 Å². The summed E-state index contributed by atoms with van der Waals surface area (Å²) in [6, 6.07) is 3.50. The summed E-state index contributed by atoms with van der Waals surface area (Å²) in [7, 11) is 0. The minimum absolute atomic E-state index is 0.00200. The third-order valence-electron chi connectivity index (χ3n) is 2.59. The topological polar surface area (TPSA) is 100 Å². The Kier molecular flexibility index (Phi) is 4.26. The third-order valence-corrected chi connectivity index (χ3v) is 2.59. The smallest absolute Gasteiger partial charge is 0.335 e. The molecule has 1 aromatic carbocycles. The van der Waals surface area contributed by atoms with E-state index in [1.54, 1.807) is 6.20 Å². The summed E-state index contributed by atoms with van der Waals surface area (Å²) in [4.78, 5) is 10.8. The van der Waals surface area contributed by atoms with E-state index in [0.29, 0.717) is 12.2 Å². The number of rotatable bonds is 6. The van der Waals surface area contributed by atoms with Gasteiger partial charge in [-0.05, 0) is 18.2 Å². The maximum atomic E-state index is 13.5. The van der Waals surface area contributed by atoms with E-state index in [-0.39, 0.29) is 24.4 Å². The first kappa shape index (κ1) is 13.9. The van der Waals surface area contributed by atoms with Crippen LogP contribution >= 0.6 is 0 Å². The van der Waals surface area contributed by atoms with Gasteiger partial charge in [-0.1, -0.05) is 5.21 Å². The van der Waals surface area contributed by atoms with Crippen molar-refractivity contribution in [2.24, 2.45) is 0 Å². The first-order valence-corrected chi connectivity index (χ1v) is 5.86. The van der Waals surface area contributed by atoms with E-state index in [9.17, 15) is 9.18 Å². The molecule has 0 aliphatic carbocycles. The fraction of sp³-hybridized carbons (Fsp3) is 0.250. The summed E-state index contributed by atoms with van der Waals surface area (Å²) in [6.45, 7) is 0.479. The molecule has 0 aliphatic rings. The molecule has 0 bridgehead atoms. The van der Waals surface area contributed by atoms with Gasteiger partial charge in [-0.25, -0.2) is 13.9 Å². The lowest BCUT2D eigenvalue weighted by atomic mass is 10.2. The molecule has 1 aromatic heterocycles. The van der Waals surface area contributed by atoms with Crippen molar-refractivity contribution < 1.29 is 19.4 Å². The monoisotopic (exact) mass is 280 g/mol. The van der Waals surface area contributed by atoms with Crippen LogP contribution in [-0.4, -0.2) is 37.8 Å². The Morgan fingerprint density at radius 1 is 1.45 bits per heavy atom. The van der Waals surface area contributed by atoms with Gasteiger partial charge in [0, 0.05) is 0 Å². The average molecular weight is 280 g/mol. The predicted octanol–water partition coefficient (Wildman–Crippen LogP) is 0.720. The molecule has 7 nitrogen and oxygen atoms in total. The van der Waals surface area contributed by atoms with Gasteiger partial charge in [0.15, 0.2) is 0 Å². The normalized spacial score (nSPS) is 10.5. The highest BCUT2D eigenvalue weighted by Gasteiger charge is 2.09. The van der Waals surface area contributed by atoms with Crippen molar-refractivity contribution in [1.29, 1.82) is 0 Å². The molecule has 106 valence electrons. The second kappa shape index (κ2) is 6.11. The third kappa shape index (κ3) is 3.29. The number of aromatic carboxylic acids is 1. The highest BCUT2D eigenvalue weighted by Crippen LogP contribution is 2.17. The summed E-state index contributed by atoms with van der Waals surface area (Å²) >= 11 is 0. The molecule has 0 saturated carbocycles. The van der Waals surface area contributed by atoms with Crippen molar-refractivity contribution in [2.45, 2.75) is 13.1 Å². The summed E-state index contributed by atoms with van der Waals surface area (Å²) in [5.74, 6) is -1.67. The number of benzene rings is 1. The van der Waals surface area contributed by atoms with E-state index in [4.69, 9.17) is 10.2 Å². The highest BCUT2D eigenvalue weighted by atomic mass is 19.1. The van der Waals surface area contributed by atoms with Crippen molar-refractivity contribution in [3.63, 3.8) is 0 Å². The minimum atomic E-state index is -1.12. The molecular weight excluding hydrogens is 267 g/mol. The van der Waals surface area contributed by atoms with Gasteiger partial charge in [0.25, 0.3) is 0 Å². The molecule has 8 heteroatoms. The van der Waals surface area contributed by atoms with E-state index in [2.05, 4.69) is 15.6 Å². The first-order chi connectivity index (χ1) is 9.60. The molecule has 0 unspecified atom stereocenters. The number of hydrogen-bond donors (Lipinski definition) is 3. The van der Waals surface area contributed by atoms with Gasteiger partial charge in [-0.15, -0.1) is 5.10 Å². The zero-order chi connectivity index (χ0) is 14.5. The van der Waals surface area contributed by atoms with Crippen LogP contribution in [0.25, 0.3) is 0 Å². The van der Waals surface area contributed by atoms with E-state index >= 15 is 0 Å². The van der Waals surface area contributed by atoms with Crippen LogP contribution in [0.1, 0.15) is 16.1 Å². The van der Waals surface area contributed by atoms with Crippen LogP contribution in [-0.2, 0) is 13.1 Å². The fourth-order valence-corrected chi connectivity index (χ4v) is 1.61. The largest absolute Gasteiger partial charge is 0.478 e. The molecule has 0 atom stereocenters. The zero-order valence-electron chi connectivity index (χ0n) is 10.5. The van der Waals surface area contributed by atoms with Crippen LogP contribution < -0.4 is 5.32 Å². The highest BCUT2D eigenvalue weighted by molar-refractivity contribution is 5.88. The molecule has 0 aliphatic heterocycles. The number of anilines is 1. The number of aromatic nitrogens is 3. The zero-order valence-corrected chi connectivity index (χ0v) is 10.5. The SMILES string of the molecule is O=C(O)c1ccc(F)c(NCc2cn(CCO)nn2)c1. The van der Waals surface area contributed by atoms with Crippen molar-refractivity contribution in [2.75, 3.05) is 11.9 Å². The van der Waals surface area contributed by atoms with Gasteiger partial charge < -0.3 is 15.5 Å². The van der Waals surface area contributed by atoms with Crippen LogP contribution in [0.15, 0.2) is 24.4 Å². The van der Waals surface area contributed by atoms with E-state index < -0.39 is 11.8 Å². The number of carbonyl (C=O) groups is 1. The molecule has 2 aromatic rings. The Hall–Kier alpha value is -2.48. The number of halogens is 1.